The molecule has 0 aromatic heterocycles. The fraction of sp³-hybridized carbons (Fsp3) is 0.778. The average molecular weight is 190 g/mol. The van der Waals surface area contributed by atoms with Crippen LogP contribution in [0.15, 0.2) is 11.6 Å². The van der Waals surface area contributed by atoms with E-state index in [0.29, 0.717) is 23.8 Å². The van der Waals surface area contributed by atoms with Crippen LogP contribution in [-0.4, -0.2) is 25.3 Å². The van der Waals surface area contributed by atoms with E-state index in [4.69, 9.17) is 16.3 Å². The number of piperidine rings is 1. The Balaban J connectivity index is 2.13. The van der Waals surface area contributed by atoms with Gasteiger partial charge in [0.25, 0.3) is 0 Å². The Bertz CT molecular complexity index is 153. The lowest BCUT2D eigenvalue weighted by molar-refractivity contribution is 0.0472. The summed E-state index contributed by atoms with van der Waals surface area (Å²) in [4.78, 5) is 0. The SMILES string of the molecule is C=C(Cl)COC1CCC(C)NC1. The van der Waals surface area contributed by atoms with E-state index < -0.39 is 0 Å². The van der Waals surface area contributed by atoms with Crippen LogP contribution < -0.4 is 5.32 Å². The quantitative estimate of drug-likeness (QED) is 0.733. The maximum absolute atomic E-state index is 5.59. The van der Waals surface area contributed by atoms with Crippen LogP contribution in [0.2, 0.25) is 0 Å². The summed E-state index contributed by atoms with van der Waals surface area (Å²) in [7, 11) is 0. The van der Waals surface area contributed by atoms with Gasteiger partial charge in [-0.2, -0.15) is 0 Å². The molecule has 1 aliphatic heterocycles. The number of hydrogen-bond donors (Lipinski definition) is 1. The first-order chi connectivity index (χ1) is 5.68. The van der Waals surface area contributed by atoms with Gasteiger partial charge in [-0.15, -0.1) is 0 Å². The summed E-state index contributed by atoms with van der Waals surface area (Å²) in [5.41, 5.74) is 0. The molecule has 0 bridgehead atoms. The zero-order valence-electron chi connectivity index (χ0n) is 7.48. The van der Waals surface area contributed by atoms with Gasteiger partial charge in [0.15, 0.2) is 0 Å². The molecule has 1 aliphatic rings. The van der Waals surface area contributed by atoms with Crippen LogP contribution in [0.4, 0.5) is 0 Å². The third-order valence-corrected chi connectivity index (χ3v) is 2.20. The smallest absolute Gasteiger partial charge is 0.0821 e. The van der Waals surface area contributed by atoms with Crippen LogP contribution in [-0.2, 0) is 4.74 Å². The number of nitrogens with one attached hydrogen (secondary N) is 1. The lowest BCUT2D eigenvalue weighted by Crippen LogP contribution is -2.41. The molecule has 1 fully saturated rings. The molecule has 2 atom stereocenters. The van der Waals surface area contributed by atoms with E-state index in [9.17, 15) is 0 Å². The molecule has 70 valence electrons. The van der Waals surface area contributed by atoms with Gasteiger partial charge in [-0.25, -0.2) is 0 Å². The summed E-state index contributed by atoms with van der Waals surface area (Å²) < 4.78 is 5.50. The van der Waals surface area contributed by atoms with Gasteiger partial charge in [-0.3, -0.25) is 0 Å². The molecule has 0 radical (unpaired) electrons. The molecule has 0 aliphatic carbocycles. The summed E-state index contributed by atoms with van der Waals surface area (Å²) in [6.07, 6.45) is 2.62. The Hall–Kier alpha value is -0.0500. The second-order valence-electron chi connectivity index (χ2n) is 3.34. The van der Waals surface area contributed by atoms with E-state index in [1.54, 1.807) is 0 Å². The predicted molar refractivity (Wildman–Crippen MR) is 51.4 cm³/mol. The van der Waals surface area contributed by atoms with Gasteiger partial charge in [-0.05, 0) is 19.8 Å². The molecule has 0 spiro atoms. The highest BCUT2D eigenvalue weighted by molar-refractivity contribution is 6.29. The highest BCUT2D eigenvalue weighted by Crippen LogP contribution is 2.12. The number of rotatable bonds is 3. The van der Waals surface area contributed by atoms with E-state index in [2.05, 4.69) is 18.8 Å². The third-order valence-electron chi connectivity index (χ3n) is 2.09. The minimum Gasteiger partial charge on any atom is -0.371 e. The van der Waals surface area contributed by atoms with Gasteiger partial charge < -0.3 is 10.1 Å². The summed E-state index contributed by atoms with van der Waals surface area (Å²) >= 11 is 5.59. The zero-order chi connectivity index (χ0) is 8.97. The normalized spacial score (nSPS) is 30.2. The summed E-state index contributed by atoms with van der Waals surface area (Å²) in [5, 5.41) is 3.94. The molecular weight excluding hydrogens is 174 g/mol. The second-order valence-corrected chi connectivity index (χ2v) is 3.87. The van der Waals surface area contributed by atoms with Crippen LogP contribution in [0.5, 0.6) is 0 Å². The van der Waals surface area contributed by atoms with E-state index in [1.165, 1.54) is 6.42 Å². The van der Waals surface area contributed by atoms with Crippen LogP contribution >= 0.6 is 11.6 Å². The minimum atomic E-state index is 0.316. The monoisotopic (exact) mass is 189 g/mol. The largest absolute Gasteiger partial charge is 0.371 e. The first kappa shape index (κ1) is 10.0. The van der Waals surface area contributed by atoms with Gasteiger partial charge in [0.05, 0.1) is 12.7 Å². The molecular formula is C9H16ClNO. The topological polar surface area (TPSA) is 21.3 Å². The van der Waals surface area contributed by atoms with Gasteiger partial charge in [0.2, 0.25) is 0 Å². The van der Waals surface area contributed by atoms with E-state index in [0.717, 1.165) is 13.0 Å². The van der Waals surface area contributed by atoms with Crippen molar-refractivity contribution < 1.29 is 4.74 Å². The van der Waals surface area contributed by atoms with Gasteiger partial charge in [-0.1, -0.05) is 18.2 Å². The minimum absolute atomic E-state index is 0.316. The molecule has 0 aromatic rings. The fourth-order valence-electron chi connectivity index (χ4n) is 1.32. The molecule has 12 heavy (non-hydrogen) atoms. The molecule has 2 nitrogen and oxygen atoms in total. The molecule has 3 heteroatoms. The third kappa shape index (κ3) is 3.57. The molecule has 0 saturated carbocycles. The Labute approximate surface area is 78.9 Å². The summed E-state index contributed by atoms with van der Waals surface area (Å²) in [5.74, 6) is 0. The first-order valence-corrected chi connectivity index (χ1v) is 4.74. The molecule has 2 unspecified atom stereocenters. The van der Waals surface area contributed by atoms with Crippen molar-refractivity contribution in [3.05, 3.63) is 11.6 Å². The number of halogens is 1. The van der Waals surface area contributed by atoms with Gasteiger partial charge in [0.1, 0.15) is 0 Å². The van der Waals surface area contributed by atoms with Crippen molar-refractivity contribution in [2.45, 2.75) is 31.9 Å². The standard InChI is InChI=1S/C9H16ClNO/c1-7(10)6-12-9-4-3-8(2)11-5-9/h8-9,11H,1,3-6H2,2H3. The molecule has 0 aromatic carbocycles. The van der Waals surface area contributed by atoms with Crippen LogP contribution in [0.25, 0.3) is 0 Å². The highest BCUT2D eigenvalue weighted by Gasteiger charge is 2.17. The highest BCUT2D eigenvalue weighted by atomic mass is 35.5. The Morgan fingerprint density at radius 1 is 1.67 bits per heavy atom. The summed E-state index contributed by atoms with van der Waals surface area (Å²) in [6.45, 7) is 7.18. The van der Waals surface area contributed by atoms with E-state index in [1.807, 2.05) is 0 Å². The number of hydrogen-bond acceptors (Lipinski definition) is 2. The molecule has 1 heterocycles. The van der Waals surface area contributed by atoms with Crippen LogP contribution in [0.1, 0.15) is 19.8 Å². The van der Waals surface area contributed by atoms with E-state index >= 15 is 0 Å². The maximum atomic E-state index is 5.59. The van der Waals surface area contributed by atoms with Crippen molar-refractivity contribution in [3.8, 4) is 0 Å². The van der Waals surface area contributed by atoms with Crippen molar-refractivity contribution in [1.29, 1.82) is 0 Å². The zero-order valence-corrected chi connectivity index (χ0v) is 8.23. The molecule has 1 saturated heterocycles. The first-order valence-electron chi connectivity index (χ1n) is 4.36. The Morgan fingerprint density at radius 2 is 2.42 bits per heavy atom. The molecule has 1 N–H and O–H groups in total. The van der Waals surface area contributed by atoms with Crippen molar-refractivity contribution in [1.82, 2.24) is 5.32 Å². The fourth-order valence-corrected chi connectivity index (χ4v) is 1.39. The molecule has 0 amide bonds. The number of ether oxygens (including phenoxy) is 1. The molecule has 1 rings (SSSR count). The lowest BCUT2D eigenvalue weighted by atomic mass is 10.0. The van der Waals surface area contributed by atoms with Gasteiger partial charge >= 0.3 is 0 Å². The van der Waals surface area contributed by atoms with E-state index in [-0.39, 0.29) is 0 Å². The lowest BCUT2D eigenvalue weighted by Gasteiger charge is -2.27. The Morgan fingerprint density at radius 3 is 2.92 bits per heavy atom. The Kier molecular flexibility index (Phi) is 4.06. The van der Waals surface area contributed by atoms with Crippen molar-refractivity contribution in [3.63, 3.8) is 0 Å². The summed E-state index contributed by atoms with van der Waals surface area (Å²) in [6, 6.07) is 0.629. The maximum Gasteiger partial charge on any atom is 0.0821 e. The van der Waals surface area contributed by atoms with Gasteiger partial charge in [0, 0.05) is 17.6 Å². The van der Waals surface area contributed by atoms with Crippen molar-refractivity contribution >= 4 is 11.6 Å². The predicted octanol–water partition coefficient (Wildman–Crippen LogP) is 1.90. The second kappa shape index (κ2) is 4.85. The van der Waals surface area contributed by atoms with Crippen molar-refractivity contribution in [2.24, 2.45) is 0 Å². The van der Waals surface area contributed by atoms with Crippen molar-refractivity contribution in [2.75, 3.05) is 13.2 Å². The van der Waals surface area contributed by atoms with Crippen LogP contribution in [0.3, 0.4) is 0 Å². The average Bonchev–Trinajstić information content (AvgIpc) is 2.03. The van der Waals surface area contributed by atoms with Crippen LogP contribution in [0, 0.1) is 0 Å².